The highest BCUT2D eigenvalue weighted by Crippen LogP contribution is 2.29. The Labute approximate surface area is 132 Å². The van der Waals surface area contributed by atoms with E-state index >= 15 is 0 Å². The number of aromatic nitrogens is 2. The van der Waals surface area contributed by atoms with Crippen LogP contribution in [0.2, 0.25) is 0 Å². The van der Waals surface area contributed by atoms with E-state index in [0.29, 0.717) is 12.3 Å². The zero-order valence-electron chi connectivity index (χ0n) is 12.3. The summed E-state index contributed by atoms with van der Waals surface area (Å²) in [6.45, 7) is 0.501. The van der Waals surface area contributed by atoms with Gasteiger partial charge in [-0.25, -0.2) is 4.98 Å². The standard InChI is InChI=1S/C15H16N4O4/c20-14(10-23-12-4-1-3-11(9-12)19(21)22)18-8-2-5-13(18)15-16-6-7-17-15/h1,3-4,6-7,9,13H,2,5,8,10H2,(H,16,17). The lowest BCUT2D eigenvalue weighted by atomic mass is 10.2. The average Bonchev–Trinajstić information content (AvgIpc) is 3.23. The van der Waals surface area contributed by atoms with Crippen molar-refractivity contribution in [2.45, 2.75) is 18.9 Å². The van der Waals surface area contributed by atoms with Crippen molar-refractivity contribution in [1.29, 1.82) is 0 Å². The van der Waals surface area contributed by atoms with Gasteiger partial charge >= 0.3 is 0 Å². The molecule has 0 spiro atoms. The first-order chi connectivity index (χ1) is 11.1. The summed E-state index contributed by atoms with van der Waals surface area (Å²) in [5.41, 5.74) is -0.0652. The number of H-pyrrole nitrogens is 1. The number of non-ortho nitro benzene ring substituents is 1. The quantitative estimate of drug-likeness (QED) is 0.672. The van der Waals surface area contributed by atoms with Crippen LogP contribution in [0.15, 0.2) is 36.7 Å². The Balaban J connectivity index is 1.63. The van der Waals surface area contributed by atoms with Gasteiger partial charge in [-0.05, 0) is 18.9 Å². The minimum atomic E-state index is -0.498. The molecule has 1 aromatic heterocycles. The van der Waals surface area contributed by atoms with Gasteiger partial charge in [-0.2, -0.15) is 0 Å². The highest BCUT2D eigenvalue weighted by Gasteiger charge is 2.31. The van der Waals surface area contributed by atoms with Crippen molar-refractivity contribution in [3.63, 3.8) is 0 Å². The molecular formula is C15H16N4O4. The Morgan fingerprint density at radius 1 is 1.52 bits per heavy atom. The second-order valence-electron chi connectivity index (χ2n) is 5.26. The van der Waals surface area contributed by atoms with Crippen LogP contribution in [0.25, 0.3) is 0 Å². The third kappa shape index (κ3) is 3.31. The van der Waals surface area contributed by atoms with Gasteiger partial charge in [0.05, 0.1) is 17.0 Å². The smallest absolute Gasteiger partial charge is 0.273 e. The zero-order valence-corrected chi connectivity index (χ0v) is 12.3. The molecule has 0 bridgehead atoms. The lowest BCUT2D eigenvalue weighted by Crippen LogP contribution is -2.34. The normalized spacial score (nSPS) is 17.2. The van der Waals surface area contributed by atoms with Crippen molar-refractivity contribution in [2.75, 3.05) is 13.2 Å². The molecule has 120 valence electrons. The molecule has 1 amide bonds. The van der Waals surface area contributed by atoms with Crippen LogP contribution in [0.4, 0.5) is 5.69 Å². The number of benzene rings is 1. The minimum absolute atomic E-state index is 0.0637. The van der Waals surface area contributed by atoms with Crippen molar-refractivity contribution in [2.24, 2.45) is 0 Å². The summed E-state index contributed by atoms with van der Waals surface area (Å²) in [5.74, 6) is 0.919. The molecule has 8 nitrogen and oxygen atoms in total. The summed E-state index contributed by atoms with van der Waals surface area (Å²) < 4.78 is 5.41. The molecule has 1 atom stereocenters. The van der Waals surface area contributed by atoms with Gasteiger partial charge in [-0.3, -0.25) is 14.9 Å². The predicted molar refractivity (Wildman–Crippen MR) is 80.9 cm³/mol. The van der Waals surface area contributed by atoms with Crippen LogP contribution < -0.4 is 4.74 Å². The van der Waals surface area contributed by atoms with E-state index < -0.39 is 4.92 Å². The largest absolute Gasteiger partial charge is 0.484 e. The van der Waals surface area contributed by atoms with E-state index in [-0.39, 0.29) is 24.2 Å². The second kappa shape index (κ2) is 6.47. The maximum Gasteiger partial charge on any atom is 0.273 e. The van der Waals surface area contributed by atoms with E-state index in [2.05, 4.69) is 9.97 Å². The number of nitro benzene ring substituents is 1. The van der Waals surface area contributed by atoms with E-state index in [0.717, 1.165) is 18.7 Å². The van der Waals surface area contributed by atoms with Gasteiger partial charge < -0.3 is 14.6 Å². The number of ether oxygens (including phenoxy) is 1. The molecule has 2 heterocycles. The molecule has 0 aliphatic carbocycles. The number of nitro groups is 1. The highest BCUT2D eigenvalue weighted by molar-refractivity contribution is 5.78. The Morgan fingerprint density at radius 3 is 3.13 bits per heavy atom. The molecule has 3 rings (SSSR count). The molecule has 1 N–H and O–H groups in total. The first-order valence-electron chi connectivity index (χ1n) is 7.31. The summed E-state index contributed by atoms with van der Waals surface area (Å²) in [6, 6.07) is 5.74. The fraction of sp³-hybridized carbons (Fsp3) is 0.333. The molecular weight excluding hydrogens is 300 g/mol. The number of hydrogen-bond acceptors (Lipinski definition) is 5. The molecule has 2 aromatic rings. The Kier molecular flexibility index (Phi) is 4.22. The van der Waals surface area contributed by atoms with Gasteiger partial charge in [-0.1, -0.05) is 6.07 Å². The molecule has 1 fully saturated rings. The molecule has 1 aliphatic heterocycles. The van der Waals surface area contributed by atoms with Crippen LogP contribution in [-0.4, -0.2) is 38.8 Å². The number of carbonyl (C=O) groups excluding carboxylic acids is 1. The third-order valence-electron chi connectivity index (χ3n) is 3.80. The maximum absolute atomic E-state index is 12.4. The number of hydrogen-bond donors (Lipinski definition) is 1. The lowest BCUT2D eigenvalue weighted by Gasteiger charge is -2.23. The van der Waals surface area contributed by atoms with Gasteiger partial charge in [-0.15, -0.1) is 0 Å². The number of rotatable bonds is 5. The topological polar surface area (TPSA) is 101 Å². The highest BCUT2D eigenvalue weighted by atomic mass is 16.6. The summed E-state index contributed by atoms with van der Waals surface area (Å²) in [5, 5.41) is 10.7. The van der Waals surface area contributed by atoms with Crippen molar-refractivity contribution >= 4 is 11.6 Å². The van der Waals surface area contributed by atoms with Crippen molar-refractivity contribution in [3.05, 3.63) is 52.6 Å². The molecule has 0 radical (unpaired) electrons. The van der Waals surface area contributed by atoms with Crippen LogP contribution in [0, 0.1) is 10.1 Å². The van der Waals surface area contributed by atoms with Crippen molar-refractivity contribution < 1.29 is 14.5 Å². The van der Waals surface area contributed by atoms with E-state index in [1.54, 1.807) is 23.4 Å². The maximum atomic E-state index is 12.4. The molecule has 1 saturated heterocycles. The monoisotopic (exact) mass is 316 g/mol. The van der Waals surface area contributed by atoms with Gasteiger partial charge in [0.2, 0.25) is 0 Å². The van der Waals surface area contributed by atoms with Crippen LogP contribution in [0.1, 0.15) is 24.7 Å². The summed E-state index contributed by atoms with van der Waals surface area (Å²) in [4.78, 5) is 31.6. The van der Waals surface area contributed by atoms with E-state index in [1.165, 1.54) is 18.2 Å². The first kappa shape index (κ1) is 15.0. The number of aromatic amines is 1. The van der Waals surface area contributed by atoms with Crippen LogP contribution in [0.5, 0.6) is 5.75 Å². The average molecular weight is 316 g/mol. The van der Waals surface area contributed by atoms with Crippen LogP contribution >= 0.6 is 0 Å². The van der Waals surface area contributed by atoms with Crippen molar-refractivity contribution in [3.8, 4) is 5.75 Å². The minimum Gasteiger partial charge on any atom is -0.484 e. The van der Waals surface area contributed by atoms with E-state index in [4.69, 9.17) is 4.74 Å². The van der Waals surface area contributed by atoms with Gasteiger partial charge in [0.15, 0.2) is 6.61 Å². The van der Waals surface area contributed by atoms with Gasteiger partial charge in [0, 0.05) is 25.0 Å². The summed E-state index contributed by atoms with van der Waals surface area (Å²) in [7, 11) is 0. The second-order valence-corrected chi connectivity index (χ2v) is 5.26. The third-order valence-corrected chi connectivity index (χ3v) is 3.80. The number of nitrogens with one attached hydrogen (secondary N) is 1. The molecule has 1 aromatic carbocycles. The summed E-state index contributed by atoms with van der Waals surface area (Å²) in [6.07, 6.45) is 5.16. The molecule has 0 saturated carbocycles. The zero-order chi connectivity index (χ0) is 16.2. The number of carbonyl (C=O) groups is 1. The number of imidazole rings is 1. The fourth-order valence-corrected chi connectivity index (χ4v) is 2.72. The van der Waals surface area contributed by atoms with Crippen LogP contribution in [0.3, 0.4) is 0 Å². The van der Waals surface area contributed by atoms with Crippen molar-refractivity contribution in [1.82, 2.24) is 14.9 Å². The molecule has 1 unspecified atom stereocenters. The molecule has 1 aliphatic rings. The van der Waals surface area contributed by atoms with Gasteiger partial charge in [0.25, 0.3) is 11.6 Å². The molecule has 8 heteroatoms. The Hall–Kier alpha value is -2.90. The Morgan fingerprint density at radius 2 is 2.39 bits per heavy atom. The lowest BCUT2D eigenvalue weighted by molar-refractivity contribution is -0.384. The predicted octanol–water partition coefficient (Wildman–Crippen LogP) is 2.06. The van der Waals surface area contributed by atoms with E-state index in [1.807, 2.05) is 0 Å². The Bertz CT molecular complexity index is 701. The number of amides is 1. The summed E-state index contributed by atoms with van der Waals surface area (Å²) >= 11 is 0. The van der Waals surface area contributed by atoms with Gasteiger partial charge in [0.1, 0.15) is 11.6 Å². The van der Waals surface area contributed by atoms with E-state index in [9.17, 15) is 14.9 Å². The number of nitrogens with zero attached hydrogens (tertiary/aromatic N) is 3. The van der Waals surface area contributed by atoms with Crippen LogP contribution in [-0.2, 0) is 4.79 Å². The SMILES string of the molecule is O=C(COc1cccc([N+](=O)[O-])c1)N1CCCC1c1ncc[nH]1. The number of likely N-dealkylation sites (tertiary alicyclic amines) is 1. The molecule has 23 heavy (non-hydrogen) atoms. The first-order valence-corrected chi connectivity index (χ1v) is 7.31. The fourth-order valence-electron chi connectivity index (χ4n) is 2.72.